The zero-order chi connectivity index (χ0) is 18.6. The third kappa shape index (κ3) is 4.15. The van der Waals surface area contributed by atoms with Crippen molar-refractivity contribution in [3.63, 3.8) is 0 Å². The number of carbonyl (C=O) groups excluding carboxylic acids is 1. The Morgan fingerprint density at radius 1 is 1.24 bits per heavy atom. The number of hydrogen-bond donors (Lipinski definition) is 2. The molecular formula is C14H16ClN3O6S. The van der Waals surface area contributed by atoms with Gasteiger partial charge >= 0.3 is 5.97 Å². The van der Waals surface area contributed by atoms with Crippen molar-refractivity contribution in [1.29, 1.82) is 0 Å². The number of rotatable bonds is 7. The molecule has 0 radical (unpaired) electrons. The van der Waals surface area contributed by atoms with E-state index in [0.717, 1.165) is 6.07 Å². The molecule has 0 bridgehead atoms. The van der Waals surface area contributed by atoms with E-state index in [1.54, 1.807) is 6.92 Å². The highest BCUT2D eigenvalue weighted by atomic mass is 35.5. The predicted molar refractivity (Wildman–Crippen MR) is 89.9 cm³/mol. The number of carbonyl (C=O) groups is 1. The van der Waals surface area contributed by atoms with Gasteiger partial charge in [0.15, 0.2) is 10.7 Å². The summed E-state index contributed by atoms with van der Waals surface area (Å²) in [7, 11) is -1.27. The van der Waals surface area contributed by atoms with Crippen LogP contribution in [-0.2, 0) is 14.8 Å². The van der Waals surface area contributed by atoms with Crippen LogP contribution in [-0.4, -0.2) is 45.4 Å². The Hall–Kier alpha value is -2.46. The summed E-state index contributed by atoms with van der Waals surface area (Å²) in [6.07, 6.45) is 0. The van der Waals surface area contributed by atoms with E-state index < -0.39 is 16.0 Å². The molecule has 0 spiro atoms. The second-order valence-electron chi connectivity index (χ2n) is 4.63. The van der Waals surface area contributed by atoms with Crippen LogP contribution in [0.2, 0.25) is 5.02 Å². The van der Waals surface area contributed by atoms with Gasteiger partial charge in [0.2, 0.25) is 0 Å². The van der Waals surface area contributed by atoms with Gasteiger partial charge in [0.25, 0.3) is 10.0 Å². The number of ether oxygens (including phenoxy) is 3. The minimum absolute atomic E-state index is 0.0978. The van der Waals surface area contributed by atoms with Crippen molar-refractivity contribution >= 4 is 33.3 Å². The fourth-order valence-corrected chi connectivity index (χ4v) is 3.12. The van der Waals surface area contributed by atoms with E-state index in [2.05, 4.69) is 14.9 Å². The zero-order valence-corrected chi connectivity index (χ0v) is 15.2. The van der Waals surface area contributed by atoms with Crippen LogP contribution in [0, 0.1) is 0 Å². The van der Waals surface area contributed by atoms with Crippen molar-refractivity contribution < 1.29 is 27.4 Å². The van der Waals surface area contributed by atoms with Crippen molar-refractivity contribution in [1.82, 2.24) is 10.2 Å². The minimum Gasteiger partial charge on any atom is -0.495 e. The number of nitrogens with zero attached hydrogens (tertiary/aromatic N) is 1. The van der Waals surface area contributed by atoms with E-state index in [1.807, 2.05) is 0 Å². The number of benzene rings is 1. The Labute approximate surface area is 149 Å². The van der Waals surface area contributed by atoms with Gasteiger partial charge in [-0.05, 0) is 13.0 Å². The quantitative estimate of drug-likeness (QED) is 0.695. The second-order valence-corrected chi connectivity index (χ2v) is 6.69. The van der Waals surface area contributed by atoms with E-state index >= 15 is 0 Å². The number of methoxy groups -OCH3 is 2. The fourth-order valence-electron chi connectivity index (χ4n) is 1.89. The summed E-state index contributed by atoms with van der Waals surface area (Å²) in [5, 5.41) is 5.79. The summed E-state index contributed by atoms with van der Waals surface area (Å²) in [4.78, 5) is 11.6. The maximum atomic E-state index is 12.5. The Morgan fingerprint density at radius 2 is 1.92 bits per heavy atom. The summed E-state index contributed by atoms with van der Waals surface area (Å²) < 4.78 is 42.2. The SMILES string of the molecule is CCOC(=O)c1cc(S(=O)(=O)Nc2cc(Cl)c(OC)cc2OC)[nH]n1. The fraction of sp³-hybridized carbons (Fsp3) is 0.286. The number of anilines is 1. The lowest BCUT2D eigenvalue weighted by molar-refractivity contribution is 0.0519. The number of hydrogen-bond acceptors (Lipinski definition) is 7. The Kier molecular flexibility index (Phi) is 5.75. The Bertz CT molecular complexity index is 881. The third-order valence-electron chi connectivity index (χ3n) is 3.05. The molecular weight excluding hydrogens is 374 g/mol. The average molecular weight is 390 g/mol. The first-order valence-corrected chi connectivity index (χ1v) is 8.85. The maximum Gasteiger partial charge on any atom is 0.358 e. The maximum absolute atomic E-state index is 12.5. The van der Waals surface area contributed by atoms with Gasteiger partial charge in [-0.1, -0.05) is 11.6 Å². The minimum atomic E-state index is -4.07. The van der Waals surface area contributed by atoms with Gasteiger partial charge < -0.3 is 14.2 Å². The molecule has 0 saturated carbocycles. The highest BCUT2D eigenvalue weighted by molar-refractivity contribution is 7.92. The summed E-state index contributed by atoms with van der Waals surface area (Å²) in [5.74, 6) is -0.201. The molecule has 11 heteroatoms. The van der Waals surface area contributed by atoms with Crippen LogP contribution in [0.4, 0.5) is 5.69 Å². The number of aromatic nitrogens is 2. The van der Waals surface area contributed by atoms with E-state index in [-0.39, 0.29) is 33.8 Å². The highest BCUT2D eigenvalue weighted by Gasteiger charge is 2.23. The molecule has 2 aromatic rings. The molecule has 25 heavy (non-hydrogen) atoms. The van der Waals surface area contributed by atoms with Crippen molar-refractivity contribution in [3.05, 3.63) is 28.9 Å². The first-order valence-electron chi connectivity index (χ1n) is 6.99. The molecule has 0 unspecified atom stereocenters. The Balaban J connectivity index is 2.33. The van der Waals surface area contributed by atoms with Gasteiger partial charge in [-0.2, -0.15) is 13.5 Å². The number of H-pyrrole nitrogens is 1. The monoisotopic (exact) mass is 389 g/mol. The number of sulfonamides is 1. The third-order valence-corrected chi connectivity index (χ3v) is 4.62. The molecule has 0 saturated heterocycles. The molecule has 1 aromatic carbocycles. The summed E-state index contributed by atoms with van der Waals surface area (Å²) in [6, 6.07) is 3.86. The van der Waals surface area contributed by atoms with Crippen LogP contribution in [0.25, 0.3) is 0 Å². The summed E-state index contributed by atoms with van der Waals surface area (Å²) >= 11 is 6.02. The highest BCUT2D eigenvalue weighted by Crippen LogP contribution is 2.36. The number of halogens is 1. The van der Waals surface area contributed by atoms with Gasteiger partial charge in [0.05, 0.1) is 31.5 Å². The average Bonchev–Trinajstić information content (AvgIpc) is 3.06. The van der Waals surface area contributed by atoms with Crippen LogP contribution in [0.3, 0.4) is 0 Å². The van der Waals surface area contributed by atoms with Crippen LogP contribution >= 0.6 is 11.6 Å². The van der Waals surface area contributed by atoms with Crippen molar-refractivity contribution in [2.45, 2.75) is 11.9 Å². The lowest BCUT2D eigenvalue weighted by Gasteiger charge is -2.13. The van der Waals surface area contributed by atoms with E-state index in [0.29, 0.717) is 5.75 Å². The number of esters is 1. The van der Waals surface area contributed by atoms with Gasteiger partial charge in [0.1, 0.15) is 11.5 Å². The molecule has 0 amide bonds. The van der Waals surface area contributed by atoms with E-state index in [4.69, 9.17) is 25.8 Å². The molecule has 0 aliphatic heterocycles. The van der Waals surface area contributed by atoms with Gasteiger partial charge in [0, 0.05) is 12.1 Å². The van der Waals surface area contributed by atoms with Crippen LogP contribution in [0.1, 0.15) is 17.4 Å². The molecule has 0 fully saturated rings. The molecule has 1 aromatic heterocycles. The standard InChI is InChI=1S/C14H16ClN3O6S/c1-4-24-14(19)10-6-13(17-16-10)25(20,21)18-9-5-8(15)11(22-2)7-12(9)23-3/h5-7,18H,4H2,1-3H3,(H,16,17). The molecule has 9 nitrogen and oxygen atoms in total. The smallest absolute Gasteiger partial charge is 0.358 e. The van der Waals surface area contributed by atoms with Gasteiger partial charge in [-0.25, -0.2) is 4.79 Å². The van der Waals surface area contributed by atoms with Crippen molar-refractivity contribution in [2.75, 3.05) is 25.5 Å². The second kappa shape index (κ2) is 7.62. The first kappa shape index (κ1) is 18.9. The topological polar surface area (TPSA) is 120 Å². The normalized spacial score (nSPS) is 11.0. The lowest BCUT2D eigenvalue weighted by atomic mass is 10.3. The largest absolute Gasteiger partial charge is 0.495 e. The molecule has 0 aliphatic rings. The lowest BCUT2D eigenvalue weighted by Crippen LogP contribution is -2.14. The first-order chi connectivity index (χ1) is 11.8. The molecule has 2 N–H and O–H groups in total. The Morgan fingerprint density at radius 3 is 2.52 bits per heavy atom. The predicted octanol–water partition coefficient (Wildman–Crippen LogP) is 2.06. The number of aromatic amines is 1. The van der Waals surface area contributed by atoms with Crippen LogP contribution in [0.5, 0.6) is 11.5 Å². The molecule has 2 rings (SSSR count). The van der Waals surface area contributed by atoms with E-state index in [1.165, 1.54) is 26.4 Å². The molecule has 0 aliphatic carbocycles. The van der Waals surface area contributed by atoms with Crippen molar-refractivity contribution in [3.8, 4) is 11.5 Å². The molecule has 136 valence electrons. The number of nitrogens with one attached hydrogen (secondary N) is 2. The zero-order valence-electron chi connectivity index (χ0n) is 13.6. The van der Waals surface area contributed by atoms with Crippen molar-refractivity contribution in [2.24, 2.45) is 0 Å². The van der Waals surface area contributed by atoms with Gasteiger partial charge in [-0.15, -0.1) is 0 Å². The van der Waals surface area contributed by atoms with E-state index in [9.17, 15) is 13.2 Å². The molecule has 1 heterocycles. The summed E-state index contributed by atoms with van der Waals surface area (Å²) in [6.45, 7) is 1.77. The van der Waals surface area contributed by atoms with Crippen LogP contribution < -0.4 is 14.2 Å². The summed E-state index contributed by atoms with van der Waals surface area (Å²) in [5.41, 5.74) is -0.0532. The van der Waals surface area contributed by atoms with Crippen LogP contribution in [0.15, 0.2) is 23.2 Å². The molecule has 0 atom stereocenters. The van der Waals surface area contributed by atoms with Gasteiger partial charge in [-0.3, -0.25) is 9.82 Å².